The van der Waals surface area contributed by atoms with Crippen molar-refractivity contribution in [2.45, 2.75) is 85.5 Å². The molecule has 0 heterocycles. The first-order valence-electron chi connectivity index (χ1n) is 12.1. The van der Waals surface area contributed by atoms with Gasteiger partial charge in [-0.2, -0.15) is 0 Å². The maximum atomic E-state index is 11.2. The second-order valence-electron chi connectivity index (χ2n) is 11.8. The normalized spacial score (nSPS) is 12.5. The molecule has 0 atom stereocenters. The van der Waals surface area contributed by atoms with Gasteiger partial charge in [0.2, 0.25) is 0 Å². The van der Waals surface area contributed by atoms with E-state index in [1.54, 1.807) is 13.8 Å². The van der Waals surface area contributed by atoms with Crippen LogP contribution in [-0.4, -0.2) is 29.4 Å². The van der Waals surface area contributed by atoms with Gasteiger partial charge in [0.1, 0.15) is 17.2 Å². The lowest BCUT2D eigenvalue weighted by Gasteiger charge is -2.28. The molecule has 0 spiro atoms. The van der Waals surface area contributed by atoms with Gasteiger partial charge in [-0.1, -0.05) is 53.7 Å². The molecule has 0 aromatic heterocycles. The van der Waals surface area contributed by atoms with Gasteiger partial charge in [0.05, 0.1) is 18.6 Å². The van der Waals surface area contributed by atoms with Crippen molar-refractivity contribution in [1.29, 1.82) is 0 Å². The third kappa shape index (κ3) is 7.68. The third-order valence-corrected chi connectivity index (χ3v) is 6.05. The Kier molecular flexibility index (Phi) is 8.68. The lowest BCUT2D eigenvalue weighted by Crippen LogP contribution is -2.24. The molecule has 34 heavy (non-hydrogen) atoms. The van der Waals surface area contributed by atoms with E-state index >= 15 is 0 Å². The Bertz CT molecular complexity index is 942. The maximum absolute atomic E-state index is 11.2. The van der Waals surface area contributed by atoms with Gasteiger partial charge in [-0.3, -0.25) is 4.79 Å². The molecule has 0 aliphatic heterocycles. The molecule has 0 unspecified atom stereocenters. The van der Waals surface area contributed by atoms with E-state index in [0.717, 1.165) is 34.6 Å². The fourth-order valence-electron chi connectivity index (χ4n) is 3.72. The minimum absolute atomic E-state index is 0.200. The Morgan fingerprint density at radius 1 is 0.824 bits per heavy atom. The molecule has 2 rings (SSSR count). The van der Waals surface area contributed by atoms with Gasteiger partial charge in [-0.25, -0.2) is 0 Å². The van der Waals surface area contributed by atoms with Crippen molar-refractivity contribution in [3.8, 4) is 17.2 Å². The van der Waals surface area contributed by atoms with E-state index in [1.807, 2.05) is 36.4 Å². The molecular formula is C29H42O5. The summed E-state index contributed by atoms with van der Waals surface area (Å²) in [5.41, 5.74) is 1.74. The zero-order valence-corrected chi connectivity index (χ0v) is 22.1. The molecule has 0 aliphatic carbocycles. The summed E-state index contributed by atoms with van der Waals surface area (Å²) in [6, 6.07) is 11.8. The van der Waals surface area contributed by atoms with Crippen molar-refractivity contribution >= 4 is 5.97 Å². The number of phenolic OH excluding ortho intramolecular Hbond substituents is 1. The fraction of sp³-hybridized carbons (Fsp3) is 0.552. The van der Waals surface area contributed by atoms with Crippen LogP contribution in [0.5, 0.6) is 17.2 Å². The number of phenols is 1. The molecule has 2 aromatic rings. The van der Waals surface area contributed by atoms with Crippen LogP contribution in [0.25, 0.3) is 0 Å². The summed E-state index contributed by atoms with van der Waals surface area (Å²) in [6.07, 6.45) is 1.97. The van der Waals surface area contributed by atoms with Crippen LogP contribution in [0.3, 0.4) is 0 Å². The van der Waals surface area contributed by atoms with Crippen LogP contribution in [0.2, 0.25) is 0 Å². The van der Waals surface area contributed by atoms with Crippen molar-refractivity contribution < 1.29 is 24.5 Å². The van der Waals surface area contributed by atoms with E-state index < -0.39 is 11.4 Å². The van der Waals surface area contributed by atoms with Gasteiger partial charge in [-0.15, -0.1) is 0 Å². The SMILES string of the molecule is CC(C)(CCCOc1cccc(CCOc2cc(C(C)(C)C)c(O)c(C(C)(C)C)c2)c1)C(=O)O. The average Bonchev–Trinajstić information content (AvgIpc) is 2.71. The smallest absolute Gasteiger partial charge is 0.309 e. The second-order valence-corrected chi connectivity index (χ2v) is 11.8. The van der Waals surface area contributed by atoms with Gasteiger partial charge in [0.25, 0.3) is 0 Å². The van der Waals surface area contributed by atoms with Crippen molar-refractivity contribution in [3.05, 3.63) is 53.1 Å². The number of benzene rings is 2. The van der Waals surface area contributed by atoms with Crippen LogP contribution in [0.4, 0.5) is 0 Å². The number of carboxylic acid groups (broad SMARTS) is 1. The Morgan fingerprint density at radius 3 is 1.91 bits per heavy atom. The van der Waals surface area contributed by atoms with Crippen molar-refractivity contribution in [3.63, 3.8) is 0 Å². The summed E-state index contributed by atoms with van der Waals surface area (Å²) in [7, 11) is 0. The van der Waals surface area contributed by atoms with Gasteiger partial charge in [0.15, 0.2) is 0 Å². The van der Waals surface area contributed by atoms with E-state index in [-0.39, 0.29) is 10.8 Å². The first-order chi connectivity index (χ1) is 15.6. The summed E-state index contributed by atoms with van der Waals surface area (Å²) < 4.78 is 12.0. The molecule has 5 heteroatoms. The molecule has 0 bridgehead atoms. The van der Waals surface area contributed by atoms with Gasteiger partial charge < -0.3 is 19.7 Å². The number of rotatable bonds is 10. The van der Waals surface area contributed by atoms with Crippen molar-refractivity contribution in [1.82, 2.24) is 0 Å². The Hall–Kier alpha value is -2.69. The molecule has 2 aromatic carbocycles. The van der Waals surface area contributed by atoms with Gasteiger partial charge in [0, 0.05) is 17.5 Å². The van der Waals surface area contributed by atoms with E-state index in [1.165, 1.54) is 0 Å². The predicted octanol–water partition coefficient (Wildman–Crippen LogP) is 6.88. The van der Waals surface area contributed by atoms with Crippen molar-refractivity contribution in [2.75, 3.05) is 13.2 Å². The van der Waals surface area contributed by atoms with Crippen LogP contribution in [0.1, 0.15) is 84.9 Å². The Balaban J connectivity index is 2.00. The standard InChI is InChI=1S/C29H42O5/c1-27(2,3)23-18-22(19-24(25(23)30)28(4,5)6)34-16-13-20-11-9-12-21(17-20)33-15-10-14-29(7,8)26(31)32/h9,11-12,17-19,30H,10,13-16H2,1-8H3,(H,31,32). The lowest BCUT2D eigenvalue weighted by molar-refractivity contribution is -0.147. The lowest BCUT2D eigenvalue weighted by atomic mass is 9.79. The minimum Gasteiger partial charge on any atom is -0.507 e. The number of carboxylic acids is 1. The zero-order valence-electron chi connectivity index (χ0n) is 22.1. The highest BCUT2D eigenvalue weighted by Gasteiger charge is 2.27. The van der Waals surface area contributed by atoms with Crippen LogP contribution >= 0.6 is 0 Å². The van der Waals surface area contributed by atoms with E-state index in [0.29, 0.717) is 31.8 Å². The van der Waals surface area contributed by atoms with Crippen LogP contribution in [0.15, 0.2) is 36.4 Å². The molecule has 188 valence electrons. The summed E-state index contributed by atoms with van der Waals surface area (Å²) in [4.78, 5) is 11.2. The minimum atomic E-state index is -0.785. The number of carbonyl (C=O) groups is 1. The highest BCUT2D eigenvalue weighted by atomic mass is 16.5. The number of hydrogen-bond acceptors (Lipinski definition) is 4. The summed E-state index contributed by atoms with van der Waals surface area (Å²) in [6.45, 7) is 17.0. The average molecular weight is 471 g/mol. The van der Waals surface area contributed by atoms with Gasteiger partial charge >= 0.3 is 5.97 Å². The van der Waals surface area contributed by atoms with E-state index in [2.05, 4.69) is 41.5 Å². The molecule has 0 radical (unpaired) electrons. The number of aromatic hydroxyl groups is 1. The van der Waals surface area contributed by atoms with E-state index in [4.69, 9.17) is 9.47 Å². The molecular weight excluding hydrogens is 428 g/mol. The number of hydrogen-bond donors (Lipinski definition) is 2. The monoisotopic (exact) mass is 470 g/mol. The first-order valence-corrected chi connectivity index (χ1v) is 12.1. The maximum Gasteiger partial charge on any atom is 0.309 e. The Morgan fingerprint density at radius 2 is 1.38 bits per heavy atom. The molecule has 0 saturated heterocycles. The van der Waals surface area contributed by atoms with Crippen LogP contribution in [0, 0.1) is 5.41 Å². The fourth-order valence-corrected chi connectivity index (χ4v) is 3.72. The third-order valence-electron chi connectivity index (χ3n) is 6.05. The topological polar surface area (TPSA) is 76.0 Å². The summed E-state index contributed by atoms with van der Waals surface area (Å²) in [5, 5.41) is 20.1. The molecule has 5 nitrogen and oxygen atoms in total. The molecule has 2 N–H and O–H groups in total. The van der Waals surface area contributed by atoms with Gasteiger partial charge in [-0.05, 0) is 67.3 Å². The first kappa shape index (κ1) is 27.6. The predicted molar refractivity (Wildman–Crippen MR) is 137 cm³/mol. The van der Waals surface area contributed by atoms with Crippen LogP contribution in [-0.2, 0) is 22.0 Å². The largest absolute Gasteiger partial charge is 0.507 e. The molecule has 0 fully saturated rings. The highest BCUT2D eigenvalue weighted by molar-refractivity contribution is 5.73. The second kappa shape index (κ2) is 10.7. The van der Waals surface area contributed by atoms with Crippen molar-refractivity contribution in [2.24, 2.45) is 5.41 Å². The highest BCUT2D eigenvalue weighted by Crippen LogP contribution is 2.41. The number of aliphatic carboxylic acids is 1. The quantitative estimate of drug-likeness (QED) is 0.370. The molecule has 0 amide bonds. The zero-order chi connectivity index (χ0) is 25.7. The van der Waals surface area contributed by atoms with E-state index in [9.17, 15) is 15.0 Å². The molecule has 0 aliphatic rings. The molecule has 0 saturated carbocycles. The summed E-state index contributed by atoms with van der Waals surface area (Å²) >= 11 is 0. The summed E-state index contributed by atoms with van der Waals surface area (Å²) in [5.74, 6) is 1.11. The Labute approximate surface area is 205 Å². The van der Waals surface area contributed by atoms with Crippen LogP contribution < -0.4 is 9.47 Å². The number of ether oxygens (including phenoxy) is 2.